The van der Waals surface area contributed by atoms with Gasteiger partial charge in [0.1, 0.15) is 18.1 Å². The average molecular weight is 495 g/mol. The Morgan fingerprint density at radius 3 is 2.45 bits per heavy atom. The first-order valence-corrected chi connectivity index (χ1v) is 12.3. The van der Waals surface area contributed by atoms with Gasteiger partial charge in [0.05, 0.1) is 23.1 Å². The number of aromatic amines is 2. The largest absolute Gasteiger partial charge is 0.487 e. The molecule has 0 saturated carbocycles. The third-order valence-electron chi connectivity index (χ3n) is 6.60. The average Bonchev–Trinajstić information content (AvgIpc) is 3.61. The van der Waals surface area contributed by atoms with Crippen LogP contribution in [0, 0.1) is 0 Å². The molecule has 0 amide bonds. The number of nitrogens with one attached hydrogen (secondary N) is 2. The minimum absolute atomic E-state index is 0.493. The van der Waals surface area contributed by atoms with Gasteiger partial charge in [-0.25, -0.2) is 0 Å². The number of hydrogen-bond donors (Lipinski definition) is 2. The Labute approximate surface area is 218 Å². The Bertz CT molecular complexity index is 1880. The molecule has 0 atom stereocenters. The quantitative estimate of drug-likeness (QED) is 0.265. The molecule has 5 aromatic heterocycles. The summed E-state index contributed by atoms with van der Waals surface area (Å²) >= 11 is 0. The number of aromatic nitrogens is 6. The second-order valence-electron chi connectivity index (χ2n) is 9.06. The van der Waals surface area contributed by atoms with E-state index >= 15 is 0 Å². The van der Waals surface area contributed by atoms with E-state index in [1.807, 2.05) is 79.3 Å². The van der Waals surface area contributed by atoms with E-state index in [1.165, 1.54) is 0 Å². The van der Waals surface area contributed by atoms with Crippen LogP contribution in [-0.2, 0) is 6.61 Å². The molecule has 7 aromatic rings. The maximum atomic E-state index is 6.00. The molecular formula is C31H22N6O. The zero-order chi connectivity index (χ0) is 25.3. The van der Waals surface area contributed by atoms with Crippen LogP contribution in [0.3, 0.4) is 0 Å². The summed E-state index contributed by atoms with van der Waals surface area (Å²) in [6, 6.07) is 26.4. The first kappa shape index (κ1) is 21.9. The Morgan fingerprint density at radius 1 is 0.658 bits per heavy atom. The predicted molar refractivity (Wildman–Crippen MR) is 148 cm³/mol. The van der Waals surface area contributed by atoms with Crippen molar-refractivity contribution in [2.75, 3.05) is 0 Å². The van der Waals surface area contributed by atoms with Crippen molar-refractivity contribution in [3.05, 3.63) is 115 Å². The number of pyridine rings is 3. The molecular weight excluding hydrogens is 472 g/mol. The standard InChI is InChI=1S/C31H22N6O/c1-2-5-20(6-3-1)19-38-24-13-23(17-33-18-24)21-8-9-28-25(14-21)31(37-36-28)29-15-26-27(35-29)10-12-34-30(26)22-7-4-11-32-16-22/h1-18,35H,19H2,(H,36,37). The topological polar surface area (TPSA) is 92.4 Å². The molecule has 182 valence electrons. The number of nitrogens with zero attached hydrogens (tertiary/aromatic N) is 4. The Hall–Kier alpha value is -5.30. The molecule has 7 rings (SSSR count). The first-order valence-electron chi connectivity index (χ1n) is 12.3. The lowest BCUT2D eigenvalue weighted by molar-refractivity contribution is 0.305. The maximum absolute atomic E-state index is 6.00. The number of rotatable bonds is 6. The molecule has 38 heavy (non-hydrogen) atoms. The van der Waals surface area contributed by atoms with Crippen molar-refractivity contribution in [2.45, 2.75) is 6.61 Å². The smallest absolute Gasteiger partial charge is 0.138 e. The molecule has 7 heteroatoms. The van der Waals surface area contributed by atoms with Crippen LogP contribution in [0.15, 0.2) is 110 Å². The van der Waals surface area contributed by atoms with Crippen LogP contribution in [-0.4, -0.2) is 30.1 Å². The lowest BCUT2D eigenvalue weighted by atomic mass is 10.0. The summed E-state index contributed by atoms with van der Waals surface area (Å²) < 4.78 is 6.00. The van der Waals surface area contributed by atoms with Crippen molar-refractivity contribution in [1.29, 1.82) is 0 Å². The molecule has 0 fully saturated rings. The maximum Gasteiger partial charge on any atom is 0.138 e. The molecule has 0 bridgehead atoms. The van der Waals surface area contributed by atoms with Gasteiger partial charge in [-0.05, 0) is 53.6 Å². The van der Waals surface area contributed by atoms with Gasteiger partial charge in [-0.3, -0.25) is 20.1 Å². The summed E-state index contributed by atoms with van der Waals surface area (Å²) in [5, 5.41) is 9.86. The van der Waals surface area contributed by atoms with Crippen molar-refractivity contribution in [3.8, 4) is 39.5 Å². The van der Waals surface area contributed by atoms with Crippen molar-refractivity contribution >= 4 is 21.8 Å². The van der Waals surface area contributed by atoms with Crippen LogP contribution in [0.4, 0.5) is 0 Å². The summed E-state index contributed by atoms with van der Waals surface area (Å²) in [7, 11) is 0. The van der Waals surface area contributed by atoms with Gasteiger partial charge in [0.15, 0.2) is 0 Å². The molecule has 2 aromatic carbocycles. The minimum Gasteiger partial charge on any atom is -0.487 e. The van der Waals surface area contributed by atoms with E-state index in [0.29, 0.717) is 6.61 Å². The summed E-state index contributed by atoms with van der Waals surface area (Å²) in [4.78, 5) is 16.8. The van der Waals surface area contributed by atoms with Crippen molar-refractivity contribution in [2.24, 2.45) is 0 Å². The van der Waals surface area contributed by atoms with E-state index in [9.17, 15) is 0 Å². The molecule has 5 heterocycles. The van der Waals surface area contributed by atoms with E-state index in [2.05, 4.69) is 48.3 Å². The summed E-state index contributed by atoms with van der Waals surface area (Å²) in [5.41, 5.74) is 8.69. The number of benzene rings is 2. The molecule has 0 spiro atoms. The van der Waals surface area contributed by atoms with Gasteiger partial charge >= 0.3 is 0 Å². The number of fused-ring (bicyclic) bond motifs is 2. The highest BCUT2D eigenvalue weighted by molar-refractivity contribution is 6.00. The zero-order valence-electron chi connectivity index (χ0n) is 20.3. The lowest BCUT2D eigenvalue weighted by Crippen LogP contribution is -1.95. The van der Waals surface area contributed by atoms with Gasteiger partial charge in [0.25, 0.3) is 0 Å². The van der Waals surface area contributed by atoms with Gasteiger partial charge in [0, 0.05) is 52.2 Å². The minimum atomic E-state index is 0.493. The molecule has 0 radical (unpaired) electrons. The third kappa shape index (κ3) is 4.06. The van der Waals surface area contributed by atoms with Crippen molar-refractivity contribution < 1.29 is 4.74 Å². The Kier molecular flexibility index (Phi) is 5.37. The van der Waals surface area contributed by atoms with Crippen LogP contribution in [0.1, 0.15) is 5.56 Å². The first-order chi connectivity index (χ1) is 18.8. The summed E-state index contributed by atoms with van der Waals surface area (Å²) in [6.45, 7) is 0.493. The normalized spacial score (nSPS) is 11.3. The Morgan fingerprint density at radius 2 is 1.55 bits per heavy atom. The fourth-order valence-corrected chi connectivity index (χ4v) is 4.71. The third-order valence-corrected chi connectivity index (χ3v) is 6.60. The predicted octanol–water partition coefficient (Wildman–Crippen LogP) is 6.81. The SMILES string of the molecule is c1ccc(COc2cncc(-c3ccc4[nH]nc(-c5cc6c(-c7cccnc7)nccc6[nH]5)c4c3)c2)cc1. The molecule has 0 aliphatic heterocycles. The van der Waals surface area contributed by atoms with Gasteiger partial charge in [-0.15, -0.1) is 0 Å². The fourth-order valence-electron chi connectivity index (χ4n) is 4.71. The monoisotopic (exact) mass is 494 g/mol. The van der Waals surface area contributed by atoms with Crippen LogP contribution in [0.25, 0.3) is 55.6 Å². The van der Waals surface area contributed by atoms with E-state index < -0.39 is 0 Å². The highest BCUT2D eigenvalue weighted by atomic mass is 16.5. The summed E-state index contributed by atoms with van der Waals surface area (Å²) in [5.74, 6) is 0.727. The van der Waals surface area contributed by atoms with Crippen molar-refractivity contribution in [1.82, 2.24) is 30.1 Å². The second-order valence-corrected chi connectivity index (χ2v) is 9.06. The molecule has 0 saturated heterocycles. The fraction of sp³-hybridized carbons (Fsp3) is 0.0323. The second kappa shape index (κ2) is 9.29. The number of ether oxygens (including phenoxy) is 1. The van der Waals surface area contributed by atoms with Gasteiger partial charge < -0.3 is 9.72 Å². The van der Waals surface area contributed by atoms with Crippen molar-refractivity contribution in [3.63, 3.8) is 0 Å². The molecule has 2 N–H and O–H groups in total. The Balaban J connectivity index is 1.24. The van der Waals surface area contributed by atoms with Crippen LogP contribution < -0.4 is 4.74 Å². The van der Waals surface area contributed by atoms with Crippen LogP contribution in [0.2, 0.25) is 0 Å². The van der Waals surface area contributed by atoms with Gasteiger partial charge in [0.2, 0.25) is 0 Å². The number of hydrogen-bond acceptors (Lipinski definition) is 5. The molecule has 0 unspecified atom stereocenters. The van der Waals surface area contributed by atoms with Crippen LogP contribution >= 0.6 is 0 Å². The van der Waals surface area contributed by atoms with E-state index in [1.54, 1.807) is 12.4 Å². The van der Waals surface area contributed by atoms with E-state index in [-0.39, 0.29) is 0 Å². The number of H-pyrrole nitrogens is 2. The molecule has 0 aliphatic rings. The zero-order valence-corrected chi connectivity index (χ0v) is 20.3. The molecule has 0 aliphatic carbocycles. The highest BCUT2D eigenvalue weighted by Crippen LogP contribution is 2.34. The van der Waals surface area contributed by atoms with E-state index in [0.717, 1.165) is 66.9 Å². The molecule has 7 nitrogen and oxygen atoms in total. The van der Waals surface area contributed by atoms with Gasteiger partial charge in [-0.2, -0.15) is 5.10 Å². The van der Waals surface area contributed by atoms with Crippen LogP contribution in [0.5, 0.6) is 5.75 Å². The lowest BCUT2D eigenvalue weighted by Gasteiger charge is -2.08. The highest BCUT2D eigenvalue weighted by Gasteiger charge is 2.15. The van der Waals surface area contributed by atoms with E-state index in [4.69, 9.17) is 4.74 Å². The summed E-state index contributed by atoms with van der Waals surface area (Å²) in [6.07, 6.45) is 9.00. The van der Waals surface area contributed by atoms with Gasteiger partial charge in [-0.1, -0.05) is 36.4 Å².